The maximum absolute atomic E-state index is 14.2. The summed E-state index contributed by atoms with van der Waals surface area (Å²) in [6.45, 7) is 0.473. The molecule has 3 rings (SSSR count). The van der Waals surface area contributed by atoms with Gasteiger partial charge in [-0.3, -0.25) is 0 Å². The van der Waals surface area contributed by atoms with Gasteiger partial charge < -0.3 is 15.6 Å². The highest BCUT2D eigenvalue weighted by atomic mass is 19.4. The zero-order chi connectivity index (χ0) is 16.8. The van der Waals surface area contributed by atoms with Gasteiger partial charge in [-0.05, 0) is 24.1 Å². The van der Waals surface area contributed by atoms with Gasteiger partial charge in [-0.25, -0.2) is 4.39 Å². The number of halogens is 4. The number of phenolic OH excluding ortho intramolecular Hbond substituents is 1. The summed E-state index contributed by atoms with van der Waals surface area (Å²) in [5.74, 6) is -1.98. The van der Waals surface area contributed by atoms with Crippen LogP contribution < -0.4 is 5.73 Å². The molecule has 2 aromatic rings. The number of hydrogen-bond donors (Lipinski definition) is 2. The zero-order valence-corrected chi connectivity index (χ0v) is 11.6. The minimum Gasteiger partial charge on any atom is -0.507 e. The van der Waals surface area contributed by atoms with Crippen LogP contribution in [0.1, 0.15) is 16.7 Å². The van der Waals surface area contributed by atoms with Crippen molar-refractivity contribution in [2.75, 3.05) is 12.3 Å². The maximum Gasteiger partial charge on any atom is 0.416 e. The third kappa shape index (κ3) is 2.67. The summed E-state index contributed by atoms with van der Waals surface area (Å²) in [6.07, 6.45) is -4.43. The molecule has 5 nitrogen and oxygen atoms in total. The average Bonchev–Trinajstić information content (AvgIpc) is 2.48. The summed E-state index contributed by atoms with van der Waals surface area (Å²) in [6, 6.07) is 0.779. The minimum absolute atomic E-state index is 0.0266. The first-order chi connectivity index (χ1) is 10.8. The summed E-state index contributed by atoms with van der Waals surface area (Å²) >= 11 is 0. The fourth-order valence-corrected chi connectivity index (χ4v) is 2.49. The van der Waals surface area contributed by atoms with Crippen LogP contribution in [-0.4, -0.2) is 21.9 Å². The van der Waals surface area contributed by atoms with Crippen LogP contribution in [0.4, 0.5) is 23.4 Å². The van der Waals surface area contributed by atoms with E-state index in [1.807, 2.05) is 0 Å². The van der Waals surface area contributed by atoms with Gasteiger partial charge in [0.15, 0.2) is 5.82 Å². The summed E-state index contributed by atoms with van der Waals surface area (Å²) in [5.41, 5.74) is 4.96. The Kier molecular flexibility index (Phi) is 3.59. The molecular formula is C14H11F4N3O2. The van der Waals surface area contributed by atoms with E-state index in [2.05, 4.69) is 10.2 Å². The van der Waals surface area contributed by atoms with Gasteiger partial charge in [-0.1, -0.05) is 0 Å². The van der Waals surface area contributed by atoms with Crippen LogP contribution in [0.5, 0.6) is 5.75 Å². The van der Waals surface area contributed by atoms with Crippen molar-refractivity contribution in [3.63, 3.8) is 0 Å². The van der Waals surface area contributed by atoms with Gasteiger partial charge in [0, 0.05) is 5.56 Å². The smallest absolute Gasteiger partial charge is 0.416 e. The van der Waals surface area contributed by atoms with Crippen molar-refractivity contribution in [1.29, 1.82) is 0 Å². The van der Waals surface area contributed by atoms with E-state index in [-0.39, 0.29) is 18.1 Å². The second-order valence-electron chi connectivity index (χ2n) is 5.04. The maximum atomic E-state index is 14.2. The molecule has 0 fully saturated rings. The van der Waals surface area contributed by atoms with Crippen molar-refractivity contribution >= 4 is 5.82 Å². The van der Waals surface area contributed by atoms with Crippen LogP contribution in [0, 0.1) is 5.82 Å². The summed E-state index contributed by atoms with van der Waals surface area (Å²) in [5, 5.41) is 17.3. The number of phenols is 1. The van der Waals surface area contributed by atoms with E-state index in [0.717, 1.165) is 0 Å². The second-order valence-corrected chi connectivity index (χ2v) is 5.04. The van der Waals surface area contributed by atoms with Gasteiger partial charge in [0.2, 0.25) is 0 Å². The third-order valence-corrected chi connectivity index (χ3v) is 3.59. The van der Waals surface area contributed by atoms with Gasteiger partial charge in [0.25, 0.3) is 0 Å². The number of nitrogen functional groups attached to an aromatic ring is 1. The zero-order valence-electron chi connectivity index (χ0n) is 11.6. The monoisotopic (exact) mass is 329 g/mol. The van der Waals surface area contributed by atoms with E-state index in [1.165, 1.54) is 0 Å². The van der Waals surface area contributed by atoms with Crippen molar-refractivity contribution in [1.82, 2.24) is 10.2 Å². The number of fused-ring (bicyclic) bond motifs is 1. The molecular weight excluding hydrogens is 318 g/mol. The highest BCUT2D eigenvalue weighted by molar-refractivity contribution is 5.73. The summed E-state index contributed by atoms with van der Waals surface area (Å²) in [4.78, 5) is 0. The van der Waals surface area contributed by atoms with Gasteiger partial charge >= 0.3 is 6.18 Å². The molecule has 0 aliphatic carbocycles. The highest BCUT2D eigenvalue weighted by Gasteiger charge is 2.33. The predicted molar refractivity (Wildman–Crippen MR) is 71.9 cm³/mol. The Labute approximate surface area is 127 Å². The highest BCUT2D eigenvalue weighted by Crippen LogP contribution is 2.40. The predicted octanol–water partition coefficient (Wildman–Crippen LogP) is 2.66. The number of anilines is 1. The molecule has 23 heavy (non-hydrogen) atoms. The molecule has 0 bridgehead atoms. The number of ether oxygens (including phenoxy) is 1. The van der Waals surface area contributed by atoms with Crippen LogP contribution in [0.15, 0.2) is 12.1 Å². The molecule has 0 saturated carbocycles. The molecule has 122 valence electrons. The number of hydrogen-bond acceptors (Lipinski definition) is 5. The molecule has 0 atom stereocenters. The Morgan fingerprint density at radius 2 is 1.91 bits per heavy atom. The first kappa shape index (κ1) is 15.5. The van der Waals surface area contributed by atoms with E-state index >= 15 is 0 Å². The van der Waals surface area contributed by atoms with Crippen LogP contribution in [-0.2, 0) is 23.9 Å². The van der Waals surface area contributed by atoms with Crippen LogP contribution >= 0.6 is 0 Å². The summed E-state index contributed by atoms with van der Waals surface area (Å²) < 4.78 is 57.5. The molecule has 2 heterocycles. The molecule has 0 radical (unpaired) electrons. The Morgan fingerprint density at radius 1 is 1.17 bits per heavy atom. The Bertz CT molecular complexity index is 754. The van der Waals surface area contributed by atoms with E-state index in [0.29, 0.717) is 36.3 Å². The third-order valence-electron chi connectivity index (χ3n) is 3.59. The molecule has 0 spiro atoms. The average molecular weight is 329 g/mol. The van der Waals surface area contributed by atoms with Gasteiger partial charge in [0.1, 0.15) is 17.3 Å². The standard InChI is InChI=1S/C14H11F4N3O2/c15-9-3-6(14(16,17)18)4-10(22)11(9)12-7-1-2-23-5-8(7)13(19)21-20-12/h3-4,22H,1-2,5H2,(H2,19,21). The minimum atomic E-state index is -4.77. The van der Waals surface area contributed by atoms with Crippen LogP contribution in [0.2, 0.25) is 0 Å². The lowest BCUT2D eigenvalue weighted by molar-refractivity contribution is -0.137. The number of benzene rings is 1. The molecule has 1 aromatic carbocycles. The normalized spacial score (nSPS) is 14.6. The fraction of sp³-hybridized carbons (Fsp3) is 0.286. The largest absolute Gasteiger partial charge is 0.507 e. The molecule has 0 saturated heterocycles. The first-order valence-electron chi connectivity index (χ1n) is 6.60. The number of aromatic hydroxyl groups is 1. The molecule has 1 aliphatic rings. The fourth-order valence-electron chi connectivity index (χ4n) is 2.49. The Hall–Kier alpha value is -2.42. The number of alkyl halides is 3. The van der Waals surface area contributed by atoms with Crippen molar-refractivity contribution in [3.05, 3.63) is 34.6 Å². The lowest BCUT2D eigenvalue weighted by Crippen LogP contribution is -2.16. The SMILES string of the molecule is Nc1nnc(-c2c(O)cc(C(F)(F)F)cc2F)c2c1COCC2. The first-order valence-corrected chi connectivity index (χ1v) is 6.60. The molecule has 9 heteroatoms. The van der Waals surface area contributed by atoms with Gasteiger partial charge in [0.05, 0.1) is 24.3 Å². The number of nitrogens with two attached hydrogens (primary N) is 1. The van der Waals surface area contributed by atoms with Crippen LogP contribution in [0.25, 0.3) is 11.3 Å². The Morgan fingerprint density at radius 3 is 2.57 bits per heavy atom. The molecule has 0 amide bonds. The molecule has 1 aromatic heterocycles. The number of rotatable bonds is 1. The van der Waals surface area contributed by atoms with Crippen molar-refractivity contribution in [2.45, 2.75) is 19.2 Å². The molecule has 3 N–H and O–H groups in total. The van der Waals surface area contributed by atoms with Crippen LogP contribution in [0.3, 0.4) is 0 Å². The second kappa shape index (κ2) is 5.34. The molecule has 1 aliphatic heterocycles. The topological polar surface area (TPSA) is 81.3 Å². The van der Waals surface area contributed by atoms with E-state index in [4.69, 9.17) is 10.5 Å². The Balaban J connectivity index is 2.21. The van der Waals surface area contributed by atoms with Crippen molar-refractivity contribution in [2.24, 2.45) is 0 Å². The van der Waals surface area contributed by atoms with Crippen molar-refractivity contribution in [3.8, 4) is 17.0 Å². The van der Waals surface area contributed by atoms with E-state index < -0.39 is 28.9 Å². The van der Waals surface area contributed by atoms with Gasteiger partial charge in [-0.2, -0.15) is 13.2 Å². The van der Waals surface area contributed by atoms with Gasteiger partial charge in [-0.15, -0.1) is 10.2 Å². The lowest BCUT2D eigenvalue weighted by Gasteiger charge is -2.20. The molecule has 0 unspecified atom stereocenters. The number of nitrogens with zero attached hydrogens (tertiary/aromatic N) is 2. The van der Waals surface area contributed by atoms with E-state index in [1.54, 1.807) is 0 Å². The number of aromatic nitrogens is 2. The summed E-state index contributed by atoms with van der Waals surface area (Å²) in [7, 11) is 0. The quantitative estimate of drug-likeness (QED) is 0.786. The lowest BCUT2D eigenvalue weighted by atomic mass is 9.96. The van der Waals surface area contributed by atoms with E-state index in [9.17, 15) is 22.7 Å². The van der Waals surface area contributed by atoms with Crippen molar-refractivity contribution < 1.29 is 27.4 Å².